The molecule has 0 spiro atoms. The average molecular weight is 626 g/mol. The molecule has 2 N–H and O–H groups in total. The lowest BCUT2D eigenvalue weighted by atomic mass is 10.0. The van der Waals surface area contributed by atoms with Gasteiger partial charge in [0.2, 0.25) is 15.9 Å². The van der Waals surface area contributed by atoms with E-state index in [1.54, 1.807) is 41.3 Å². The van der Waals surface area contributed by atoms with E-state index >= 15 is 0 Å². The number of halogens is 1. The summed E-state index contributed by atoms with van der Waals surface area (Å²) >= 11 is 7.53. The summed E-state index contributed by atoms with van der Waals surface area (Å²) in [5, 5.41) is 24.0. The van der Waals surface area contributed by atoms with Gasteiger partial charge in [0.15, 0.2) is 0 Å². The summed E-state index contributed by atoms with van der Waals surface area (Å²) in [4.78, 5) is 28.5. The van der Waals surface area contributed by atoms with Gasteiger partial charge in [-0.1, -0.05) is 35.9 Å². The Kier molecular flexibility index (Phi) is 8.55. The number of phenolic OH excluding ortho intramolecular Hbond substituents is 2. The van der Waals surface area contributed by atoms with Crippen LogP contribution in [0.15, 0.2) is 82.4 Å². The van der Waals surface area contributed by atoms with E-state index in [2.05, 4.69) is 0 Å². The molecular weight excluding hydrogens is 598 g/mol. The minimum absolute atomic E-state index is 0.0448. The van der Waals surface area contributed by atoms with E-state index in [0.29, 0.717) is 18.8 Å². The Bertz CT molecular complexity index is 1700. The van der Waals surface area contributed by atoms with E-state index in [1.807, 2.05) is 29.0 Å². The molecule has 218 valence electrons. The quantitative estimate of drug-likeness (QED) is 0.292. The molecule has 2 heterocycles. The molecule has 0 radical (unpaired) electrons. The molecule has 0 saturated carbocycles. The van der Waals surface area contributed by atoms with E-state index in [9.17, 15) is 28.2 Å². The molecule has 0 bridgehead atoms. The van der Waals surface area contributed by atoms with Gasteiger partial charge >= 0.3 is 0 Å². The van der Waals surface area contributed by atoms with Crippen molar-refractivity contribution in [2.45, 2.75) is 18.4 Å². The van der Waals surface area contributed by atoms with Crippen molar-refractivity contribution in [2.24, 2.45) is 0 Å². The highest BCUT2D eigenvalue weighted by atomic mass is 35.5. The number of anilines is 1. The fourth-order valence-corrected chi connectivity index (χ4v) is 7.00. The third kappa shape index (κ3) is 6.14. The summed E-state index contributed by atoms with van der Waals surface area (Å²) in [6.07, 6.45) is 0. The molecule has 1 fully saturated rings. The molecule has 4 aromatic rings. The van der Waals surface area contributed by atoms with Crippen LogP contribution in [0.25, 0.3) is 11.1 Å². The van der Waals surface area contributed by atoms with E-state index in [0.717, 1.165) is 22.8 Å². The topological polar surface area (TPSA) is 118 Å². The Balaban J connectivity index is 1.37. The van der Waals surface area contributed by atoms with Crippen LogP contribution >= 0.6 is 22.9 Å². The van der Waals surface area contributed by atoms with Crippen molar-refractivity contribution in [1.82, 2.24) is 9.21 Å². The first-order chi connectivity index (χ1) is 20.0. The standard InChI is InChI=1S/C30H28ClN3O6S2/c1-20(35)32-11-13-33(14-12-32)42(39,40)25-8-4-23(5-9-25)22-2-6-24(7-3-22)34(18-21-10-15-41-19-21)30(38)26-16-27(31)29(37)17-28(26)36/h2-10,15-17,19,36-37H,11-14,18H2,1H3. The molecule has 42 heavy (non-hydrogen) atoms. The number of phenols is 2. The Hall–Kier alpha value is -3.90. The van der Waals surface area contributed by atoms with Crippen LogP contribution in [0.3, 0.4) is 0 Å². The number of hydrogen-bond acceptors (Lipinski definition) is 7. The van der Waals surface area contributed by atoms with Gasteiger partial charge in [-0.3, -0.25) is 9.59 Å². The van der Waals surface area contributed by atoms with Crippen molar-refractivity contribution in [1.29, 1.82) is 0 Å². The fourth-order valence-electron chi connectivity index (χ4n) is 4.76. The Morgan fingerprint density at radius 1 is 0.905 bits per heavy atom. The summed E-state index contributed by atoms with van der Waals surface area (Å²) in [7, 11) is -3.69. The van der Waals surface area contributed by atoms with Crippen LogP contribution in [0.1, 0.15) is 22.8 Å². The molecule has 0 atom stereocenters. The van der Waals surface area contributed by atoms with Gasteiger partial charge in [0.05, 0.1) is 22.0 Å². The number of benzene rings is 3. The van der Waals surface area contributed by atoms with Crippen LogP contribution in [-0.4, -0.2) is 65.8 Å². The maximum atomic E-state index is 13.6. The van der Waals surface area contributed by atoms with Crippen molar-refractivity contribution >= 4 is 50.5 Å². The smallest absolute Gasteiger partial charge is 0.262 e. The lowest BCUT2D eigenvalue weighted by molar-refractivity contribution is -0.129. The van der Waals surface area contributed by atoms with Crippen LogP contribution in [0.5, 0.6) is 11.5 Å². The molecule has 1 aromatic heterocycles. The van der Waals surface area contributed by atoms with Gasteiger partial charge in [-0.25, -0.2) is 8.42 Å². The van der Waals surface area contributed by atoms with Gasteiger partial charge in [-0.15, -0.1) is 0 Å². The molecule has 1 aliphatic heterocycles. The summed E-state index contributed by atoms with van der Waals surface area (Å²) in [5.41, 5.74) is 3.04. The SMILES string of the molecule is CC(=O)N1CCN(S(=O)(=O)c2ccc(-c3ccc(N(Cc4ccsc4)C(=O)c4cc(Cl)c(O)cc4O)cc3)cc2)CC1. The van der Waals surface area contributed by atoms with Crippen LogP contribution in [-0.2, 0) is 21.4 Å². The Labute approximate surface area is 252 Å². The van der Waals surface area contributed by atoms with E-state index < -0.39 is 15.9 Å². The monoisotopic (exact) mass is 625 g/mol. The number of aromatic hydroxyl groups is 2. The molecule has 5 rings (SSSR count). The van der Waals surface area contributed by atoms with Crippen molar-refractivity contribution < 1.29 is 28.2 Å². The lowest BCUT2D eigenvalue weighted by Gasteiger charge is -2.33. The number of amides is 2. The highest BCUT2D eigenvalue weighted by Crippen LogP contribution is 2.34. The molecule has 12 heteroatoms. The summed E-state index contributed by atoms with van der Waals surface area (Å²) in [5.74, 6) is -1.27. The minimum Gasteiger partial charge on any atom is -0.507 e. The maximum Gasteiger partial charge on any atom is 0.262 e. The third-order valence-corrected chi connectivity index (χ3v) is 10.1. The zero-order valence-corrected chi connectivity index (χ0v) is 25.0. The Morgan fingerprint density at radius 2 is 1.52 bits per heavy atom. The van der Waals surface area contributed by atoms with Gasteiger partial charge in [-0.05, 0) is 63.8 Å². The van der Waals surface area contributed by atoms with Crippen LogP contribution in [0, 0.1) is 0 Å². The second-order valence-electron chi connectivity index (χ2n) is 9.83. The highest BCUT2D eigenvalue weighted by Gasteiger charge is 2.29. The molecule has 0 aliphatic carbocycles. The van der Waals surface area contributed by atoms with E-state index in [4.69, 9.17) is 11.6 Å². The van der Waals surface area contributed by atoms with Crippen LogP contribution < -0.4 is 4.90 Å². The predicted molar refractivity (Wildman–Crippen MR) is 163 cm³/mol. The first-order valence-electron chi connectivity index (χ1n) is 13.0. The first kappa shape index (κ1) is 29.6. The van der Waals surface area contributed by atoms with Crippen molar-refractivity contribution in [3.8, 4) is 22.6 Å². The number of rotatable bonds is 7. The zero-order chi connectivity index (χ0) is 30.0. The van der Waals surface area contributed by atoms with Crippen molar-refractivity contribution in [3.63, 3.8) is 0 Å². The first-order valence-corrected chi connectivity index (χ1v) is 15.8. The normalized spacial score (nSPS) is 14.1. The van der Waals surface area contributed by atoms with Crippen LogP contribution in [0.4, 0.5) is 5.69 Å². The third-order valence-electron chi connectivity index (χ3n) is 7.15. The Morgan fingerprint density at radius 3 is 2.10 bits per heavy atom. The molecule has 2 amide bonds. The maximum absolute atomic E-state index is 13.6. The van der Waals surface area contributed by atoms with E-state index in [-0.39, 0.29) is 52.5 Å². The second-order valence-corrected chi connectivity index (χ2v) is 13.0. The minimum atomic E-state index is -3.69. The highest BCUT2D eigenvalue weighted by molar-refractivity contribution is 7.89. The van der Waals surface area contributed by atoms with Gasteiger partial charge in [0.1, 0.15) is 11.5 Å². The number of hydrogen-bond donors (Lipinski definition) is 2. The average Bonchev–Trinajstić information content (AvgIpc) is 3.51. The van der Waals surface area contributed by atoms with Crippen molar-refractivity contribution in [3.05, 3.63) is 93.6 Å². The number of carbonyl (C=O) groups is 2. The summed E-state index contributed by atoms with van der Waals surface area (Å²) in [6.45, 7) is 2.95. The molecule has 9 nitrogen and oxygen atoms in total. The lowest BCUT2D eigenvalue weighted by Crippen LogP contribution is -2.49. The molecule has 1 saturated heterocycles. The number of nitrogens with zero attached hydrogens (tertiary/aromatic N) is 3. The molecular formula is C30H28ClN3O6S2. The van der Waals surface area contributed by atoms with Gasteiger partial charge in [0.25, 0.3) is 5.91 Å². The van der Waals surface area contributed by atoms with Gasteiger partial charge in [-0.2, -0.15) is 15.6 Å². The fraction of sp³-hybridized carbons (Fsp3) is 0.200. The van der Waals surface area contributed by atoms with Gasteiger partial charge < -0.3 is 20.0 Å². The number of sulfonamides is 1. The van der Waals surface area contributed by atoms with Crippen molar-refractivity contribution in [2.75, 3.05) is 31.1 Å². The molecule has 1 aliphatic rings. The number of carbonyl (C=O) groups excluding carboxylic acids is 2. The zero-order valence-electron chi connectivity index (χ0n) is 22.6. The summed E-state index contributed by atoms with van der Waals surface area (Å²) in [6, 6.07) is 18.0. The van der Waals surface area contributed by atoms with Crippen LogP contribution in [0.2, 0.25) is 5.02 Å². The van der Waals surface area contributed by atoms with E-state index in [1.165, 1.54) is 33.5 Å². The number of piperazine rings is 1. The summed E-state index contributed by atoms with van der Waals surface area (Å²) < 4.78 is 27.7. The molecule has 3 aromatic carbocycles. The molecule has 0 unspecified atom stereocenters. The second kappa shape index (κ2) is 12.1. The largest absolute Gasteiger partial charge is 0.507 e. The van der Waals surface area contributed by atoms with Gasteiger partial charge in [0, 0.05) is 44.9 Å². The predicted octanol–water partition coefficient (Wildman–Crippen LogP) is 5.18. The number of thiophene rings is 1.